The molecule has 20 nitrogen and oxygen atoms in total. The molecule has 0 aliphatic heterocycles. The van der Waals surface area contributed by atoms with E-state index in [0.29, 0.717) is 55.8 Å². The van der Waals surface area contributed by atoms with Crippen LogP contribution in [0.15, 0.2) is 97.1 Å². The summed E-state index contributed by atoms with van der Waals surface area (Å²) in [4.78, 5) is 93.5. The number of benzene rings is 4. The number of carboxylic acids is 2. The van der Waals surface area contributed by atoms with E-state index in [1.165, 1.54) is 72.4 Å². The van der Waals surface area contributed by atoms with Crippen LogP contribution in [0.3, 0.4) is 0 Å². The third-order valence-electron chi connectivity index (χ3n) is 10.8. The highest BCUT2D eigenvalue weighted by Gasteiger charge is 2.28. The van der Waals surface area contributed by atoms with Crippen molar-refractivity contribution in [2.24, 2.45) is 11.8 Å². The van der Waals surface area contributed by atoms with Gasteiger partial charge in [0, 0.05) is 61.0 Å². The number of carboxylic acid groups (broad SMARTS) is 2. The first-order chi connectivity index (χ1) is 37.2. The Morgan fingerprint density at radius 3 is 1.34 bits per heavy atom. The van der Waals surface area contributed by atoms with E-state index in [1.54, 1.807) is 62.4 Å². The van der Waals surface area contributed by atoms with Crippen molar-refractivity contribution in [3.05, 3.63) is 153 Å². The van der Waals surface area contributed by atoms with Crippen LogP contribution in [0.1, 0.15) is 107 Å². The molecule has 0 aliphatic rings. The fraction of sp³-hybridized carbons (Fsp3) is 0.296. The molecule has 420 valence electrons. The van der Waals surface area contributed by atoms with Crippen LogP contribution < -0.4 is 10.9 Å². The molecule has 2 atom stereocenters. The van der Waals surface area contributed by atoms with Gasteiger partial charge >= 0.3 is 17.9 Å². The monoisotopic (exact) mass is 1150 g/mol. The second kappa shape index (κ2) is 30.4. The van der Waals surface area contributed by atoms with E-state index in [1.807, 2.05) is 13.8 Å². The second-order valence-electron chi connectivity index (χ2n) is 18.5. The van der Waals surface area contributed by atoms with E-state index in [0.717, 1.165) is 0 Å². The molecule has 6 aromatic rings. The van der Waals surface area contributed by atoms with E-state index in [2.05, 4.69) is 31.2 Å². The van der Waals surface area contributed by atoms with Crippen LogP contribution in [0, 0.1) is 23.5 Å². The SMILES string of the molecule is CC(=O)c1cc(C(=O)NN(Cc2ccc(-c3cc(Cl)ccc3F)cc2)C[C@@H](O)C(=O)O)[nH]n1.CC(=O)c1cc(C(=O)NN(Cc2ccc(-c3cc(Cl)ccc3F)cc2)C[C@@H](OC(=O)CC(C)C)C(=O)O)[nH]n1.CC(C)CC(=O)Cl. The molecule has 0 radical (unpaired) electrons. The number of hydrazine groups is 2. The summed E-state index contributed by atoms with van der Waals surface area (Å²) in [5.41, 5.74) is 8.21. The number of amides is 2. The number of carbonyl (C=O) groups excluding carboxylic acids is 6. The van der Waals surface area contributed by atoms with Gasteiger partial charge in [0.2, 0.25) is 11.3 Å². The van der Waals surface area contributed by atoms with Gasteiger partial charge in [-0.25, -0.2) is 28.4 Å². The predicted octanol–water partition coefficient (Wildman–Crippen LogP) is 8.72. The lowest BCUT2D eigenvalue weighted by Crippen LogP contribution is -2.48. The average molecular weight is 1150 g/mol. The van der Waals surface area contributed by atoms with Crippen molar-refractivity contribution >= 4 is 81.3 Å². The summed E-state index contributed by atoms with van der Waals surface area (Å²) in [5, 5.41) is 43.9. The zero-order valence-electron chi connectivity index (χ0n) is 43.5. The summed E-state index contributed by atoms with van der Waals surface area (Å²) < 4.78 is 33.6. The molecule has 0 bridgehead atoms. The standard InChI is InChI=1S/C27H28ClFN4O6.C22H20ClFN4O5.C5H9ClO/c1-15(2)10-25(35)39-24(27(37)38)14-33(32-26(36)23-12-22(16(3)34)30-31-23)13-17-4-6-18(7-5-17)20-11-19(28)8-9-21(20)29;1-12(29)18-9-19(26-25-18)21(31)27-28(11-20(30)22(32)33)10-13-2-4-14(5-3-13)16-8-15(23)6-7-17(16)24;1-4(2)3-5(6)7/h4-9,11-12,15,24H,10,13-14H2,1-3H3,(H,30,31)(H,32,36)(H,37,38);2-9,20,30H,10-11H2,1H3,(H,25,26)(H,27,31)(H,32,33);4H,3H2,1-2H3/t24-;20-;/m11./s1. The Bertz CT molecular complexity index is 3120. The molecule has 25 heteroatoms. The zero-order chi connectivity index (χ0) is 58.7. The average Bonchev–Trinajstić information content (AvgIpc) is 4.09. The third-order valence-corrected chi connectivity index (χ3v) is 11.4. The Morgan fingerprint density at radius 1 is 0.608 bits per heavy atom. The Labute approximate surface area is 467 Å². The van der Waals surface area contributed by atoms with Crippen LogP contribution in [0.2, 0.25) is 10.0 Å². The number of H-pyrrole nitrogens is 2. The summed E-state index contributed by atoms with van der Waals surface area (Å²) in [7, 11) is 0. The number of nitrogens with one attached hydrogen (secondary N) is 4. The molecule has 0 spiro atoms. The molecular formula is C54H57Cl3F2N8O12. The van der Waals surface area contributed by atoms with Crippen LogP contribution in [0.25, 0.3) is 22.3 Å². The van der Waals surface area contributed by atoms with Crippen molar-refractivity contribution in [3.63, 3.8) is 0 Å². The smallest absolute Gasteiger partial charge is 0.346 e. The molecule has 0 saturated carbocycles. The van der Waals surface area contributed by atoms with Crippen molar-refractivity contribution in [2.75, 3.05) is 13.1 Å². The lowest BCUT2D eigenvalue weighted by atomic mass is 10.0. The first-order valence-electron chi connectivity index (χ1n) is 24.0. The van der Waals surface area contributed by atoms with Gasteiger partial charge in [-0.2, -0.15) is 10.2 Å². The van der Waals surface area contributed by atoms with Crippen LogP contribution in [-0.2, 0) is 37.0 Å². The predicted molar refractivity (Wildman–Crippen MR) is 288 cm³/mol. The Morgan fingerprint density at radius 2 is 1.01 bits per heavy atom. The number of hydrogen-bond donors (Lipinski definition) is 7. The molecule has 2 heterocycles. The number of Topliss-reactive ketones (excluding diaryl/α,β-unsaturated/α-hetero) is 2. The minimum Gasteiger partial charge on any atom is -0.479 e. The highest BCUT2D eigenvalue weighted by molar-refractivity contribution is 6.63. The van der Waals surface area contributed by atoms with E-state index in [9.17, 15) is 57.4 Å². The second-order valence-corrected chi connectivity index (χ2v) is 19.7. The first-order valence-corrected chi connectivity index (χ1v) is 25.2. The lowest BCUT2D eigenvalue weighted by molar-refractivity contribution is -0.166. The molecule has 0 unspecified atom stereocenters. The number of nitrogens with zero attached hydrogens (tertiary/aromatic N) is 4. The van der Waals surface area contributed by atoms with Gasteiger partial charge in [-0.3, -0.25) is 49.8 Å². The van der Waals surface area contributed by atoms with Crippen LogP contribution in [0.5, 0.6) is 0 Å². The fourth-order valence-corrected chi connectivity index (χ4v) is 7.57. The number of aromatic amines is 2. The minimum absolute atomic E-state index is 0.00324. The highest BCUT2D eigenvalue weighted by atomic mass is 35.5. The van der Waals surface area contributed by atoms with Gasteiger partial charge in [0.05, 0.1) is 13.1 Å². The van der Waals surface area contributed by atoms with Crippen molar-refractivity contribution in [3.8, 4) is 22.3 Å². The maximum atomic E-state index is 14.3. The number of carbonyl (C=O) groups is 8. The summed E-state index contributed by atoms with van der Waals surface area (Å²) >= 11 is 17.0. The molecule has 7 N–H and O–H groups in total. The summed E-state index contributed by atoms with van der Waals surface area (Å²) in [6.07, 6.45) is -2.83. The van der Waals surface area contributed by atoms with Gasteiger partial charge in [0.1, 0.15) is 34.4 Å². The normalized spacial score (nSPS) is 11.7. The van der Waals surface area contributed by atoms with Gasteiger partial charge in [-0.1, -0.05) is 99.4 Å². The molecule has 0 fully saturated rings. The number of aliphatic carboxylic acids is 2. The first kappa shape index (κ1) is 63.8. The van der Waals surface area contributed by atoms with Gasteiger partial charge in [-0.15, -0.1) is 0 Å². The maximum Gasteiger partial charge on any atom is 0.346 e. The molecule has 4 aromatic carbocycles. The number of hydrogen-bond acceptors (Lipinski definition) is 14. The van der Waals surface area contributed by atoms with Crippen molar-refractivity contribution in [1.29, 1.82) is 0 Å². The number of ketones is 2. The van der Waals surface area contributed by atoms with Crippen LogP contribution >= 0.6 is 34.8 Å². The highest BCUT2D eigenvalue weighted by Crippen LogP contribution is 2.28. The van der Waals surface area contributed by atoms with Gasteiger partial charge in [0.25, 0.3) is 11.8 Å². The Balaban J connectivity index is 0.000000307. The van der Waals surface area contributed by atoms with Gasteiger partial charge in [0.15, 0.2) is 17.7 Å². The molecule has 6 rings (SSSR count). The molecule has 79 heavy (non-hydrogen) atoms. The largest absolute Gasteiger partial charge is 0.479 e. The molecule has 0 aliphatic carbocycles. The maximum absolute atomic E-state index is 14.3. The van der Waals surface area contributed by atoms with E-state index in [4.69, 9.17) is 44.6 Å². The zero-order valence-corrected chi connectivity index (χ0v) is 45.8. The number of aromatic nitrogens is 4. The summed E-state index contributed by atoms with van der Waals surface area (Å²) in [6.45, 7) is 9.33. The lowest BCUT2D eigenvalue weighted by Gasteiger charge is -2.26. The number of aliphatic hydroxyl groups is 1. The molecule has 0 saturated heterocycles. The number of rotatable bonds is 23. The van der Waals surface area contributed by atoms with Crippen molar-refractivity contribution in [2.45, 2.75) is 79.7 Å². The molecule has 2 amide bonds. The quantitative estimate of drug-likeness (QED) is 0.0137. The van der Waals surface area contributed by atoms with Crippen molar-refractivity contribution in [1.82, 2.24) is 41.3 Å². The van der Waals surface area contributed by atoms with E-state index >= 15 is 0 Å². The molecular weight excluding hydrogens is 1100 g/mol. The third kappa shape index (κ3) is 21.2. The van der Waals surface area contributed by atoms with E-state index < -0.39 is 60.1 Å². The fourth-order valence-electron chi connectivity index (χ4n) is 6.92. The van der Waals surface area contributed by atoms with Crippen molar-refractivity contribution < 1.29 is 67.2 Å². The summed E-state index contributed by atoms with van der Waals surface area (Å²) in [6, 6.07) is 24.3. The van der Waals surface area contributed by atoms with Gasteiger partial charge < -0.3 is 20.1 Å². The number of aliphatic hydroxyl groups excluding tert-OH is 1. The number of esters is 1. The topological polar surface area (TPSA) is 294 Å². The van der Waals surface area contributed by atoms with Gasteiger partial charge in [-0.05, 0) is 94.2 Å². The van der Waals surface area contributed by atoms with Crippen LogP contribution in [0.4, 0.5) is 8.78 Å². The number of ether oxygens (including phenoxy) is 1. The Kier molecular flexibility index (Phi) is 24.6. The molecule has 2 aromatic heterocycles. The van der Waals surface area contributed by atoms with E-state index in [-0.39, 0.29) is 71.6 Å². The summed E-state index contributed by atoms with van der Waals surface area (Å²) in [5.74, 6) is -6.10. The Hall–Kier alpha value is -7.73. The minimum atomic E-state index is -1.76. The number of halogens is 5. The van der Waals surface area contributed by atoms with Crippen LogP contribution in [-0.4, -0.2) is 118 Å².